The van der Waals surface area contributed by atoms with Gasteiger partial charge in [-0.1, -0.05) is 13.3 Å². The fraction of sp³-hybridized carbons (Fsp3) is 0.522. The normalized spacial score (nSPS) is 34.5. The molecule has 0 radical (unpaired) electrons. The van der Waals surface area contributed by atoms with Crippen molar-refractivity contribution >= 4 is 23.2 Å². The summed E-state index contributed by atoms with van der Waals surface area (Å²) in [6.07, 6.45) is 5.28. The average molecular weight is 413 g/mol. The Balaban J connectivity index is 1.62. The van der Waals surface area contributed by atoms with Crippen LogP contribution in [0.1, 0.15) is 52.4 Å². The molecule has 3 aliphatic rings. The lowest BCUT2D eigenvalue weighted by Gasteiger charge is -2.57. The summed E-state index contributed by atoms with van der Waals surface area (Å²) in [5.74, 6) is -0.254. The number of carbonyl (C=O) groups excluding carboxylic acids is 3. The van der Waals surface area contributed by atoms with E-state index in [4.69, 9.17) is 9.94 Å². The van der Waals surface area contributed by atoms with E-state index in [0.717, 1.165) is 12.8 Å². The molecule has 1 aromatic rings. The molecule has 0 heterocycles. The number of carbonyl (C=O) groups is 3. The van der Waals surface area contributed by atoms with Crippen LogP contribution in [0.2, 0.25) is 0 Å². The third-order valence-electron chi connectivity index (χ3n) is 7.63. The second-order valence-electron chi connectivity index (χ2n) is 9.33. The summed E-state index contributed by atoms with van der Waals surface area (Å²) in [4.78, 5) is 38.1. The van der Waals surface area contributed by atoms with E-state index in [9.17, 15) is 19.6 Å². The Kier molecular flexibility index (Phi) is 5.16. The Morgan fingerprint density at radius 2 is 1.90 bits per heavy atom. The molecule has 2 fully saturated rings. The molecule has 0 aliphatic heterocycles. The van der Waals surface area contributed by atoms with Crippen LogP contribution in [0.4, 0.5) is 5.69 Å². The van der Waals surface area contributed by atoms with Crippen LogP contribution < -0.4 is 9.96 Å². The Morgan fingerprint density at radius 1 is 1.20 bits per heavy atom. The zero-order valence-corrected chi connectivity index (χ0v) is 17.3. The van der Waals surface area contributed by atoms with Gasteiger partial charge in [-0.3, -0.25) is 14.4 Å². The van der Waals surface area contributed by atoms with E-state index in [1.165, 1.54) is 30.3 Å². The van der Waals surface area contributed by atoms with Crippen molar-refractivity contribution in [2.75, 3.05) is 0 Å². The molecule has 0 aromatic heterocycles. The molecule has 7 heteroatoms. The molecule has 30 heavy (non-hydrogen) atoms. The van der Waals surface area contributed by atoms with Gasteiger partial charge in [-0.25, -0.2) is 5.21 Å². The number of rotatable bonds is 3. The number of benzene rings is 1. The Labute approximate surface area is 175 Å². The molecule has 5 atom stereocenters. The van der Waals surface area contributed by atoms with Crippen LogP contribution >= 0.6 is 0 Å². The van der Waals surface area contributed by atoms with Gasteiger partial charge < -0.3 is 9.94 Å². The summed E-state index contributed by atoms with van der Waals surface area (Å²) in [6, 6.07) is 5.76. The van der Waals surface area contributed by atoms with Gasteiger partial charge in [0.15, 0.2) is 17.3 Å². The first-order valence-electron chi connectivity index (χ1n) is 10.5. The van der Waals surface area contributed by atoms with Gasteiger partial charge in [0.25, 0.3) is 0 Å². The van der Waals surface area contributed by atoms with Crippen LogP contribution in [-0.2, 0) is 14.4 Å². The first-order chi connectivity index (χ1) is 14.1. The van der Waals surface area contributed by atoms with Crippen LogP contribution in [0.25, 0.3) is 0 Å². The number of nitrogens with one attached hydrogen (secondary N) is 1. The summed E-state index contributed by atoms with van der Waals surface area (Å²) in [6.45, 7) is 4.05. The van der Waals surface area contributed by atoms with E-state index in [1.54, 1.807) is 0 Å². The molecule has 2 N–H and O–H groups in total. The van der Waals surface area contributed by atoms with E-state index < -0.39 is 10.6 Å². The van der Waals surface area contributed by atoms with Gasteiger partial charge >= 0.3 is 5.97 Å². The summed E-state index contributed by atoms with van der Waals surface area (Å²) in [5, 5.41) is 19.0. The largest absolute Gasteiger partial charge is 0.595 e. The highest BCUT2D eigenvalue weighted by molar-refractivity contribution is 6.05. The van der Waals surface area contributed by atoms with E-state index in [-0.39, 0.29) is 46.9 Å². The number of fused-ring (bicyclic) bond motifs is 3. The molecule has 0 bridgehead atoms. The van der Waals surface area contributed by atoms with Crippen molar-refractivity contribution in [2.24, 2.45) is 22.7 Å². The summed E-state index contributed by atoms with van der Waals surface area (Å²) in [5.41, 5.74) is -0.289. The van der Waals surface area contributed by atoms with Gasteiger partial charge in [0, 0.05) is 30.5 Å². The highest BCUT2D eigenvalue weighted by Crippen LogP contribution is 2.62. The Hall–Kier alpha value is -2.35. The molecule has 1 unspecified atom stereocenters. The van der Waals surface area contributed by atoms with Crippen LogP contribution in [0.15, 0.2) is 35.9 Å². The lowest BCUT2D eigenvalue weighted by Crippen LogP contribution is -2.99. The minimum Gasteiger partial charge on any atom is -0.595 e. The molecule has 0 saturated heterocycles. The van der Waals surface area contributed by atoms with Gasteiger partial charge in [-0.05, 0) is 61.6 Å². The van der Waals surface area contributed by atoms with Crippen LogP contribution in [0.3, 0.4) is 0 Å². The minimum atomic E-state index is -1.04. The first-order valence-corrected chi connectivity index (χ1v) is 10.5. The zero-order chi connectivity index (χ0) is 21.7. The highest BCUT2D eigenvalue weighted by atomic mass is 16.8. The first kappa shape index (κ1) is 20.9. The second kappa shape index (κ2) is 7.41. The molecule has 0 spiro atoms. The lowest BCUT2D eigenvalue weighted by atomic mass is 9.45. The zero-order valence-electron chi connectivity index (χ0n) is 17.3. The molecule has 4 rings (SSSR count). The molecule has 2 saturated carbocycles. The number of allylic oxidation sites excluding steroid dienone is 2. The van der Waals surface area contributed by atoms with Crippen molar-refractivity contribution in [1.82, 2.24) is 0 Å². The number of Topliss-reactive ketones (excluding diaryl/α,β-unsaturated/α-hetero) is 1. The number of ether oxygens (including phenoxy) is 1. The van der Waals surface area contributed by atoms with Crippen LogP contribution in [-0.4, -0.2) is 22.7 Å². The molecule has 1 aromatic carbocycles. The number of ketones is 2. The molecule has 0 amide bonds. The third-order valence-corrected chi connectivity index (χ3v) is 7.63. The van der Waals surface area contributed by atoms with Gasteiger partial charge in [0.05, 0.1) is 5.41 Å². The van der Waals surface area contributed by atoms with Crippen molar-refractivity contribution in [2.45, 2.75) is 52.4 Å². The summed E-state index contributed by atoms with van der Waals surface area (Å²) >= 11 is 0. The predicted molar refractivity (Wildman–Crippen MR) is 107 cm³/mol. The number of quaternary nitrogens is 1. The van der Waals surface area contributed by atoms with Gasteiger partial charge in [-0.2, -0.15) is 5.23 Å². The quantitative estimate of drug-likeness (QED) is 0.448. The van der Waals surface area contributed by atoms with Gasteiger partial charge in [0.1, 0.15) is 5.75 Å². The molecule has 160 valence electrons. The maximum Gasteiger partial charge on any atom is 0.317 e. The van der Waals surface area contributed by atoms with Crippen molar-refractivity contribution in [3.05, 3.63) is 41.1 Å². The van der Waals surface area contributed by atoms with Crippen molar-refractivity contribution in [1.29, 1.82) is 0 Å². The number of esters is 1. The number of hydrogen-bond acceptors (Lipinski definition) is 6. The number of hydrogen-bond donors (Lipinski definition) is 2. The van der Waals surface area contributed by atoms with Crippen molar-refractivity contribution in [3.63, 3.8) is 0 Å². The topological polar surface area (TPSA) is 108 Å². The lowest BCUT2D eigenvalue weighted by molar-refractivity contribution is -0.991. The van der Waals surface area contributed by atoms with E-state index in [1.807, 2.05) is 6.92 Å². The van der Waals surface area contributed by atoms with Crippen molar-refractivity contribution in [3.8, 4) is 5.75 Å². The second-order valence-corrected chi connectivity index (χ2v) is 9.33. The standard InChI is InChI=1S/C23H27NO6/c1-22-10-3-11-23(2,21(27)30-16-7-4-14(5-8-16)24(28)29)20(22)13-19(26)17-12-15(25)6-9-18(17)22/h4-5,7-8,12,18,20,24,28H,3,6,9-11,13H2,1-2H3/t18-,20+,22+,23+/m0/s1. The van der Waals surface area contributed by atoms with Gasteiger partial charge in [0.2, 0.25) is 0 Å². The third kappa shape index (κ3) is 3.31. The fourth-order valence-corrected chi connectivity index (χ4v) is 5.97. The molecular formula is C23H27NO6. The Bertz CT molecular complexity index is 920. The molecule has 3 aliphatic carbocycles. The molecular weight excluding hydrogens is 386 g/mol. The van der Waals surface area contributed by atoms with E-state index in [0.29, 0.717) is 30.6 Å². The van der Waals surface area contributed by atoms with E-state index in [2.05, 4.69) is 6.92 Å². The smallest absolute Gasteiger partial charge is 0.317 e. The van der Waals surface area contributed by atoms with Crippen molar-refractivity contribution < 1.29 is 29.6 Å². The van der Waals surface area contributed by atoms with Gasteiger partial charge in [-0.15, -0.1) is 0 Å². The van der Waals surface area contributed by atoms with Crippen LogP contribution in [0, 0.1) is 27.9 Å². The van der Waals surface area contributed by atoms with E-state index >= 15 is 0 Å². The monoisotopic (exact) mass is 413 g/mol. The average Bonchev–Trinajstić information content (AvgIpc) is 2.70. The molecule has 7 nitrogen and oxygen atoms in total. The fourth-order valence-electron chi connectivity index (χ4n) is 5.97. The maximum absolute atomic E-state index is 13.3. The minimum absolute atomic E-state index is 0.00345. The summed E-state index contributed by atoms with van der Waals surface area (Å²) < 4.78 is 5.66. The highest BCUT2D eigenvalue weighted by Gasteiger charge is 2.60. The SMILES string of the molecule is C[C@]12CCC[C@@](C)(C(=O)Oc3ccc([NH+]([O-])O)cc3)[C@@H]1CC(=O)C1=CC(=O)CC[C@@H]12. The predicted octanol–water partition coefficient (Wildman–Crippen LogP) is 2.69. The maximum atomic E-state index is 13.3. The van der Waals surface area contributed by atoms with Crippen LogP contribution in [0.5, 0.6) is 5.75 Å². The summed E-state index contributed by atoms with van der Waals surface area (Å²) in [7, 11) is 0. The Morgan fingerprint density at radius 3 is 2.57 bits per heavy atom.